The number of sulfonamides is 1. The molecule has 2 atom stereocenters. The fraction of sp³-hybridized carbons (Fsp3) is 0.417. The second-order valence-electron chi connectivity index (χ2n) is 8.65. The molecule has 172 valence electrons. The SMILES string of the molecule is Cc1ccc(S(=O)(=O)NC(C(=O)N2CCN(C(=O)c3ccccc3)C(C)C2)C(C)C)cc1. The number of nitrogens with one attached hydrogen (secondary N) is 1. The number of benzene rings is 2. The number of rotatable bonds is 6. The zero-order valence-electron chi connectivity index (χ0n) is 19.0. The number of carbonyl (C=O) groups is 2. The first-order valence-electron chi connectivity index (χ1n) is 10.8. The van der Waals surface area contributed by atoms with Crippen molar-refractivity contribution < 1.29 is 18.0 Å². The number of amides is 2. The maximum atomic E-state index is 13.3. The standard InChI is InChI=1S/C24H31N3O4S/c1-17(2)22(25-32(30,31)21-12-10-18(3)11-13-21)24(29)26-14-15-27(19(4)16-26)23(28)20-8-6-5-7-9-20/h5-13,17,19,22,25H,14-16H2,1-4H3. The Morgan fingerprint density at radius 1 is 1.00 bits per heavy atom. The van der Waals surface area contributed by atoms with Gasteiger partial charge in [-0.2, -0.15) is 4.72 Å². The van der Waals surface area contributed by atoms with Crippen LogP contribution in [-0.2, 0) is 14.8 Å². The summed E-state index contributed by atoms with van der Waals surface area (Å²) in [7, 11) is -3.84. The second-order valence-corrected chi connectivity index (χ2v) is 10.4. The molecule has 1 aliphatic heterocycles. The molecule has 1 saturated heterocycles. The van der Waals surface area contributed by atoms with E-state index in [2.05, 4.69) is 4.72 Å². The molecule has 0 bridgehead atoms. The van der Waals surface area contributed by atoms with E-state index in [1.54, 1.807) is 34.1 Å². The van der Waals surface area contributed by atoms with Crippen LogP contribution < -0.4 is 4.72 Å². The van der Waals surface area contributed by atoms with Gasteiger partial charge in [-0.15, -0.1) is 0 Å². The van der Waals surface area contributed by atoms with Gasteiger partial charge >= 0.3 is 0 Å². The minimum absolute atomic E-state index is 0.0642. The van der Waals surface area contributed by atoms with Crippen molar-refractivity contribution in [3.8, 4) is 0 Å². The summed E-state index contributed by atoms with van der Waals surface area (Å²) in [4.78, 5) is 29.7. The van der Waals surface area contributed by atoms with Gasteiger partial charge in [0.25, 0.3) is 5.91 Å². The summed E-state index contributed by atoms with van der Waals surface area (Å²) >= 11 is 0. The van der Waals surface area contributed by atoms with E-state index in [1.165, 1.54) is 12.1 Å². The van der Waals surface area contributed by atoms with E-state index < -0.39 is 16.1 Å². The minimum Gasteiger partial charge on any atom is -0.337 e. The molecule has 0 spiro atoms. The molecule has 2 aromatic carbocycles. The third-order valence-electron chi connectivity index (χ3n) is 5.77. The molecule has 1 aliphatic rings. The normalized spacial score (nSPS) is 18.0. The van der Waals surface area contributed by atoms with E-state index in [9.17, 15) is 18.0 Å². The van der Waals surface area contributed by atoms with Gasteiger partial charge in [0.2, 0.25) is 15.9 Å². The predicted octanol–water partition coefficient (Wildman–Crippen LogP) is 2.67. The van der Waals surface area contributed by atoms with Gasteiger partial charge in [-0.3, -0.25) is 9.59 Å². The highest BCUT2D eigenvalue weighted by atomic mass is 32.2. The molecular weight excluding hydrogens is 426 g/mol. The molecule has 1 heterocycles. The van der Waals surface area contributed by atoms with Gasteiger partial charge in [-0.25, -0.2) is 8.42 Å². The highest BCUT2D eigenvalue weighted by molar-refractivity contribution is 7.89. The molecule has 0 saturated carbocycles. The Morgan fingerprint density at radius 2 is 1.62 bits per heavy atom. The van der Waals surface area contributed by atoms with Crippen LogP contribution in [0.5, 0.6) is 0 Å². The lowest BCUT2D eigenvalue weighted by atomic mass is 10.0. The van der Waals surface area contributed by atoms with Crippen molar-refractivity contribution in [3.63, 3.8) is 0 Å². The van der Waals surface area contributed by atoms with E-state index in [0.717, 1.165) is 5.56 Å². The van der Waals surface area contributed by atoms with Crippen molar-refractivity contribution in [3.05, 3.63) is 65.7 Å². The lowest BCUT2D eigenvalue weighted by Crippen LogP contribution is -2.59. The third kappa shape index (κ3) is 5.37. The summed E-state index contributed by atoms with van der Waals surface area (Å²) < 4.78 is 28.3. The third-order valence-corrected chi connectivity index (χ3v) is 7.22. The number of piperazine rings is 1. The lowest BCUT2D eigenvalue weighted by molar-refractivity contribution is -0.136. The average molecular weight is 458 g/mol. The molecule has 0 radical (unpaired) electrons. The quantitative estimate of drug-likeness (QED) is 0.723. The van der Waals surface area contributed by atoms with E-state index in [-0.39, 0.29) is 28.7 Å². The van der Waals surface area contributed by atoms with Crippen molar-refractivity contribution in [1.29, 1.82) is 0 Å². The highest BCUT2D eigenvalue weighted by Crippen LogP contribution is 2.18. The van der Waals surface area contributed by atoms with Crippen LogP contribution >= 0.6 is 0 Å². The smallest absolute Gasteiger partial charge is 0.254 e. The summed E-state index contributed by atoms with van der Waals surface area (Å²) in [5.74, 6) is -0.568. The van der Waals surface area contributed by atoms with Gasteiger partial charge in [0.1, 0.15) is 6.04 Å². The van der Waals surface area contributed by atoms with Crippen molar-refractivity contribution in [2.45, 2.75) is 44.7 Å². The van der Waals surface area contributed by atoms with E-state index >= 15 is 0 Å². The predicted molar refractivity (Wildman–Crippen MR) is 124 cm³/mol. The van der Waals surface area contributed by atoms with Crippen LogP contribution in [0.1, 0.15) is 36.7 Å². The molecule has 1 N–H and O–H groups in total. The molecule has 2 aromatic rings. The second kappa shape index (κ2) is 9.83. The van der Waals surface area contributed by atoms with Crippen LogP contribution in [0, 0.1) is 12.8 Å². The van der Waals surface area contributed by atoms with Gasteiger partial charge in [0.05, 0.1) is 4.90 Å². The molecule has 32 heavy (non-hydrogen) atoms. The maximum absolute atomic E-state index is 13.3. The minimum atomic E-state index is -3.84. The number of nitrogens with zero attached hydrogens (tertiary/aromatic N) is 2. The fourth-order valence-corrected chi connectivity index (χ4v) is 5.16. The van der Waals surface area contributed by atoms with E-state index in [0.29, 0.717) is 25.2 Å². The van der Waals surface area contributed by atoms with E-state index in [1.807, 2.05) is 45.9 Å². The molecule has 2 amide bonds. The summed E-state index contributed by atoms with van der Waals surface area (Å²) in [6.45, 7) is 8.53. The molecule has 0 aliphatic carbocycles. The van der Waals surface area contributed by atoms with Gasteiger partial charge in [0.15, 0.2) is 0 Å². The largest absolute Gasteiger partial charge is 0.337 e. The molecule has 8 heteroatoms. The van der Waals surface area contributed by atoms with Crippen molar-refractivity contribution in [1.82, 2.24) is 14.5 Å². The molecule has 0 aromatic heterocycles. The molecule has 1 fully saturated rings. The van der Waals surface area contributed by atoms with Gasteiger partial charge in [-0.1, -0.05) is 49.7 Å². The summed E-state index contributed by atoms with van der Waals surface area (Å²) in [6.07, 6.45) is 0. The summed E-state index contributed by atoms with van der Waals surface area (Å²) in [5.41, 5.74) is 1.57. The fourth-order valence-electron chi connectivity index (χ4n) is 3.83. The molecule has 3 rings (SSSR count). The number of hydrogen-bond acceptors (Lipinski definition) is 4. The van der Waals surface area contributed by atoms with Gasteiger partial charge in [-0.05, 0) is 44.0 Å². The average Bonchev–Trinajstić information content (AvgIpc) is 2.77. The van der Waals surface area contributed by atoms with Crippen LogP contribution in [0.3, 0.4) is 0 Å². The highest BCUT2D eigenvalue weighted by Gasteiger charge is 2.36. The summed E-state index contributed by atoms with van der Waals surface area (Å²) in [6, 6.07) is 14.5. The Bertz CT molecular complexity index is 1050. The van der Waals surface area contributed by atoms with Crippen molar-refractivity contribution >= 4 is 21.8 Å². The number of aryl methyl sites for hydroxylation is 1. The first-order chi connectivity index (χ1) is 15.1. The van der Waals surface area contributed by atoms with E-state index in [4.69, 9.17) is 0 Å². The van der Waals surface area contributed by atoms with Crippen molar-refractivity contribution in [2.24, 2.45) is 5.92 Å². The lowest BCUT2D eigenvalue weighted by Gasteiger charge is -2.41. The van der Waals surface area contributed by atoms with Crippen molar-refractivity contribution in [2.75, 3.05) is 19.6 Å². The number of carbonyl (C=O) groups excluding carboxylic acids is 2. The van der Waals surface area contributed by atoms with Crippen LogP contribution in [0.15, 0.2) is 59.5 Å². The molecule has 7 nitrogen and oxygen atoms in total. The number of hydrogen-bond donors (Lipinski definition) is 1. The Kier molecular flexibility index (Phi) is 7.36. The Balaban J connectivity index is 1.71. The Hall–Kier alpha value is -2.71. The first-order valence-corrected chi connectivity index (χ1v) is 12.3. The van der Waals surface area contributed by atoms with Crippen LogP contribution in [0.2, 0.25) is 0 Å². The van der Waals surface area contributed by atoms with Crippen LogP contribution in [-0.4, -0.2) is 61.7 Å². The van der Waals surface area contributed by atoms with Crippen LogP contribution in [0.4, 0.5) is 0 Å². The zero-order valence-corrected chi connectivity index (χ0v) is 19.8. The van der Waals surface area contributed by atoms with Crippen LogP contribution in [0.25, 0.3) is 0 Å². The summed E-state index contributed by atoms with van der Waals surface area (Å²) in [5, 5.41) is 0. The Morgan fingerprint density at radius 3 is 2.19 bits per heavy atom. The molecule has 2 unspecified atom stereocenters. The molecular formula is C24H31N3O4S. The Labute approximate surface area is 190 Å². The van der Waals surface area contributed by atoms with Gasteiger partial charge < -0.3 is 9.80 Å². The first kappa shape index (κ1) is 23.9. The maximum Gasteiger partial charge on any atom is 0.254 e. The van der Waals surface area contributed by atoms with Gasteiger partial charge in [0, 0.05) is 31.2 Å². The monoisotopic (exact) mass is 457 g/mol. The topological polar surface area (TPSA) is 86.8 Å². The zero-order chi connectivity index (χ0) is 23.5.